The molecule has 10 heteroatoms. The molecule has 0 unspecified atom stereocenters. The summed E-state index contributed by atoms with van der Waals surface area (Å²) in [7, 11) is -2.61. The number of fused-ring (bicyclic) bond motifs is 1. The largest absolute Gasteiger partial charge is 0.496 e. The highest BCUT2D eigenvalue weighted by Gasteiger charge is 2.34. The van der Waals surface area contributed by atoms with Crippen molar-refractivity contribution in [3.05, 3.63) is 33.4 Å². The number of carboxylic acids is 1. The molecule has 0 spiro atoms. The first-order valence-electron chi connectivity index (χ1n) is 6.94. The summed E-state index contributed by atoms with van der Waals surface area (Å²) in [5, 5.41) is 8.40. The molecule has 1 N–H and O–H groups in total. The van der Waals surface area contributed by atoms with Gasteiger partial charge in [0.15, 0.2) is 5.75 Å². The zero-order valence-electron chi connectivity index (χ0n) is 13.6. The zero-order valence-corrected chi connectivity index (χ0v) is 15.2. The van der Waals surface area contributed by atoms with Crippen LogP contribution in [0.15, 0.2) is 11.1 Å². The second-order valence-electron chi connectivity index (χ2n) is 5.24. The highest BCUT2D eigenvalue weighted by atomic mass is 35.5. The molecule has 0 fully saturated rings. The van der Waals surface area contributed by atoms with E-state index in [1.54, 1.807) is 6.92 Å². The SMILES string of the molecule is COc1c(C)c2c(c(OS(C)(=O)=O)c1C/C=C(/Cl)C(=O)O)C(=O)OC2. The smallest absolute Gasteiger partial charge is 0.346 e. The van der Waals surface area contributed by atoms with Crippen molar-refractivity contribution in [3.8, 4) is 11.5 Å². The van der Waals surface area contributed by atoms with Crippen LogP contribution in [0.4, 0.5) is 0 Å². The number of carbonyl (C=O) groups excluding carboxylic acids is 1. The van der Waals surface area contributed by atoms with Gasteiger partial charge in [-0.05, 0) is 18.9 Å². The molecule has 2 rings (SSSR count). The van der Waals surface area contributed by atoms with Crippen molar-refractivity contribution in [2.75, 3.05) is 13.4 Å². The van der Waals surface area contributed by atoms with Crippen molar-refractivity contribution in [2.24, 2.45) is 0 Å². The molecular weight excluding hydrogens is 376 g/mol. The first-order chi connectivity index (χ1) is 11.6. The molecule has 0 aliphatic carbocycles. The van der Waals surface area contributed by atoms with Crippen LogP contribution in [0.3, 0.4) is 0 Å². The van der Waals surface area contributed by atoms with Crippen molar-refractivity contribution in [1.29, 1.82) is 0 Å². The van der Waals surface area contributed by atoms with Gasteiger partial charge in [-0.2, -0.15) is 8.42 Å². The van der Waals surface area contributed by atoms with Gasteiger partial charge in [0.25, 0.3) is 0 Å². The number of benzene rings is 1. The summed E-state index contributed by atoms with van der Waals surface area (Å²) in [6.45, 7) is 1.64. The zero-order chi connectivity index (χ0) is 18.9. The number of halogens is 1. The molecular formula is C15H15ClO8S. The van der Waals surface area contributed by atoms with Crippen LogP contribution in [0.2, 0.25) is 0 Å². The van der Waals surface area contributed by atoms with E-state index in [9.17, 15) is 18.0 Å². The minimum Gasteiger partial charge on any atom is -0.496 e. The van der Waals surface area contributed by atoms with E-state index >= 15 is 0 Å². The Hall–Kier alpha value is -2.26. The lowest BCUT2D eigenvalue weighted by atomic mass is 9.95. The quantitative estimate of drug-likeness (QED) is 0.443. The van der Waals surface area contributed by atoms with E-state index < -0.39 is 27.1 Å². The number of rotatable bonds is 6. The molecule has 1 aliphatic rings. The average Bonchev–Trinajstić information content (AvgIpc) is 2.89. The van der Waals surface area contributed by atoms with Crippen molar-refractivity contribution < 1.29 is 36.8 Å². The minimum atomic E-state index is -3.97. The van der Waals surface area contributed by atoms with Gasteiger partial charge < -0.3 is 18.8 Å². The Morgan fingerprint density at radius 2 is 2.04 bits per heavy atom. The Bertz CT molecular complexity index is 886. The number of carbonyl (C=O) groups is 2. The van der Waals surface area contributed by atoms with Crippen LogP contribution in [-0.2, 0) is 32.7 Å². The summed E-state index contributed by atoms with van der Waals surface area (Å²) >= 11 is 5.60. The van der Waals surface area contributed by atoms with Crippen LogP contribution in [0.1, 0.15) is 27.0 Å². The number of methoxy groups -OCH3 is 1. The van der Waals surface area contributed by atoms with E-state index in [1.807, 2.05) is 0 Å². The number of hydrogen-bond donors (Lipinski definition) is 1. The highest BCUT2D eigenvalue weighted by molar-refractivity contribution is 7.86. The molecule has 0 bridgehead atoms. The second kappa shape index (κ2) is 6.93. The predicted octanol–water partition coefficient (Wildman–Crippen LogP) is 1.76. The average molecular weight is 391 g/mol. The van der Waals surface area contributed by atoms with Crippen molar-refractivity contribution in [3.63, 3.8) is 0 Å². The van der Waals surface area contributed by atoms with E-state index in [0.717, 1.165) is 12.3 Å². The van der Waals surface area contributed by atoms with Gasteiger partial charge >= 0.3 is 22.1 Å². The van der Waals surface area contributed by atoms with Crippen LogP contribution >= 0.6 is 11.6 Å². The van der Waals surface area contributed by atoms with Crippen LogP contribution in [0.25, 0.3) is 0 Å². The number of esters is 1. The van der Waals surface area contributed by atoms with E-state index in [4.69, 9.17) is 30.4 Å². The van der Waals surface area contributed by atoms with Crippen molar-refractivity contribution >= 4 is 33.7 Å². The van der Waals surface area contributed by atoms with E-state index in [1.165, 1.54) is 7.11 Å². The van der Waals surface area contributed by atoms with Gasteiger partial charge in [-0.25, -0.2) is 9.59 Å². The standard InChI is InChI=1S/C15H15ClO8S/c1-7-9-6-23-15(19)11(9)13(24-25(3,20)21)8(12(7)22-2)4-5-10(16)14(17)18/h5H,4,6H2,1-3H3,(H,17,18)/b10-5+. The Morgan fingerprint density at radius 3 is 2.56 bits per heavy atom. The fourth-order valence-electron chi connectivity index (χ4n) is 2.53. The lowest BCUT2D eigenvalue weighted by Crippen LogP contribution is -2.13. The number of carboxylic acid groups (broad SMARTS) is 1. The summed E-state index contributed by atoms with van der Waals surface area (Å²) in [4.78, 5) is 22.9. The first kappa shape index (κ1) is 19.1. The molecule has 0 atom stereocenters. The molecule has 8 nitrogen and oxygen atoms in total. The Kier molecular flexibility index (Phi) is 5.28. The Labute approximate surface area is 149 Å². The number of ether oxygens (including phenoxy) is 2. The lowest BCUT2D eigenvalue weighted by Gasteiger charge is -2.18. The van der Waals surface area contributed by atoms with Crippen LogP contribution in [0, 0.1) is 6.92 Å². The van der Waals surface area contributed by atoms with Gasteiger partial charge in [-0.1, -0.05) is 17.7 Å². The van der Waals surface area contributed by atoms with Gasteiger partial charge in [0.2, 0.25) is 0 Å². The maximum absolute atomic E-state index is 12.0. The van der Waals surface area contributed by atoms with E-state index in [-0.39, 0.29) is 35.7 Å². The van der Waals surface area contributed by atoms with Crippen molar-refractivity contribution in [2.45, 2.75) is 20.0 Å². The molecule has 0 saturated heterocycles. The highest BCUT2D eigenvalue weighted by Crippen LogP contribution is 2.43. The lowest BCUT2D eigenvalue weighted by molar-refractivity contribution is -0.131. The molecule has 25 heavy (non-hydrogen) atoms. The second-order valence-corrected chi connectivity index (χ2v) is 7.23. The number of aliphatic carboxylic acids is 1. The van der Waals surface area contributed by atoms with Crippen LogP contribution < -0.4 is 8.92 Å². The summed E-state index contributed by atoms with van der Waals surface area (Å²) in [5.41, 5.74) is 1.19. The maximum Gasteiger partial charge on any atom is 0.346 e. The van der Waals surface area contributed by atoms with Gasteiger partial charge in [0.1, 0.15) is 23.0 Å². The predicted molar refractivity (Wildman–Crippen MR) is 87.6 cm³/mol. The fourth-order valence-corrected chi connectivity index (χ4v) is 3.10. The third kappa shape index (κ3) is 3.88. The van der Waals surface area contributed by atoms with Gasteiger partial charge in [0, 0.05) is 11.1 Å². The monoisotopic (exact) mass is 390 g/mol. The molecule has 1 aromatic rings. The normalized spacial score (nSPS) is 14.1. The molecule has 1 aromatic carbocycles. The Morgan fingerprint density at radius 1 is 1.40 bits per heavy atom. The van der Waals surface area contributed by atoms with Gasteiger partial charge in [-0.3, -0.25) is 0 Å². The van der Waals surface area contributed by atoms with Crippen molar-refractivity contribution in [1.82, 2.24) is 0 Å². The fraction of sp³-hybridized carbons (Fsp3) is 0.333. The summed E-state index contributed by atoms with van der Waals surface area (Å²) in [6.07, 6.45) is 1.86. The van der Waals surface area contributed by atoms with Crippen LogP contribution in [0.5, 0.6) is 11.5 Å². The van der Waals surface area contributed by atoms with Gasteiger partial charge in [0.05, 0.1) is 13.4 Å². The van der Waals surface area contributed by atoms with E-state index in [0.29, 0.717) is 11.1 Å². The molecule has 1 aliphatic heterocycles. The number of allylic oxidation sites excluding steroid dienone is 1. The van der Waals surface area contributed by atoms with Gasteiger partial charge in [-0.15, -0.1) is 0 Å². The topological polar surface area (TPSA) is 116 Å². The molecule has 0 radical (unpaired) electrons. The molecule has 136 valence electrons. The Balaban J connectivity index is 2.76. The van der Waals surface area contributed by atoms with Crippen LogP contribution in [-0.4, -0.2) is 38.8 Å². The first-order valence-corrected chi connectivity index (χ1v) is 9.14. The molecule has 0 saturated carbocycles. The summed E-state index contributed by atoms with van der Waals surface area (Å²) < 4.78 is 38.6. The maximum atomic E-state index is 12.0. The summed E-state index contributed by atoms with van der Waals surface area (Å²) in [6, 6.07) is 0. The third-order valence-electron chi connectivity index (χ3n) is 3.55. The number of hydrogen-bond acceptors (Lipinski definition) is 7. The van der Waals surface area contributed by atoms with E-state index in [2.05, 4.69) is 0 Å². The molecule has 1 heterocycles. The molecule has 0 aromatic heterocycles. The number of cyclic esters (lactones) is 1. The summed E-state index contributed by atoms with van der Waals surface area (Å²) in [5.74, 6) is -2.05. The minimum absolute atomic E-state index is 0.0152. The molecule has 0 amide bonds. The third-order valence-corrected chi connectivity index (χ3v) is 4.34.